The Morgan fingerprint density at radius 1 is 1.26 bits per heavy atom. The highest BCUT2D eigenvalue weighted by molar-refractivity contribution is 6.30. The fraction of sp³-hybridized carbons (Fsp3) is 0.100. The first-order valence-electron chi connectivity index (χ1n) is 8.18. The third kappa shape index (κ3) is 2.88. The van der Waals surface area contributed by atoms with Crippen molar-refractivity contribution in [3.05, 3.63) is 76.1 Å². The first-order chi connectivity index (χ1) is 13.1. The van der Waals surface area contributed by atoms with Crippen LogP contribution in [0.2, 0.25) is 5.02 Å². The number of methoxy groups -OCH3 is 1. The molecule has 1 aromatic heterocycles. The van der Waals surface area contributed by atoms with Crippen LogP contribution in [0.4, 0.5) is 0 Å². The fourth-order valence-corrected chi connectivity index (χ4v) is 3.46. The van der Waals surface area contributed by atoms with Gasteiger partial charge in [-0.05, 0) is 29.8 Å². The lowest BCUT2D eigenvalue weighted by Gasteiger charge is -2.24. The molecule has 0 saturated heterocycles. The number of H-pyrrole nitrogens is 1. The number of benzene rings is 2. The molecular formula is C20H15ClN4O2. The molecule has 0 amide bonds. The molecule has 0 unspecified atom stereocenters. The lowest BCUT2D eigenvalue weighted by Crippen LogP contribution is -2.21. The van der Waals surface area contributed by atoms with Crippen LogP contribution in [-0.2, 0) is 0 Å². The van der Waals surface area contributed by atoms with Crippen molar-refractivity contribution in [1.82, 2.24) is 10.2 Å². The number of hydrogen-bond acceptors (Lipinski definition) is 5. The Hall–Kier alpha value is -3.43. The largest absolute Gasteiger partial charge is 0.497 e. The van der Waals surface area contributed by atoms with Crippen LogP contribution in [0.1, 0.15) is 17.0 Å². The highest BCUT2D eigenvalue weighted by Crippen LogP contribution is 2.46. The summed E-state index contributed by atoms with van der Waals surface area (Å²) in [6.07, 6.45) is 0. The SMILES string of the molecule is COc1cccc(-c2[nH]nc3c2[C@@H](c2cccc(Cl)c2)C(C#N)=C(N)O3)c1. The van der Waals surface area contributed by atoms with E-state index in [0.29, 0.717) is 22.2 Å². The molecule has 1 atom stereocenters. The molecule has 6 nitrogen and oxygen atoms in total. The van der Waals surface area contributed by atoms with Crippen LogP contribution in [0, 0.1) is 11.3 Å². The maximum absolute atomic E-state index is 9.72. The Bertz CT molecular complexity index is 1100. The van der Waals surface area contributed by atoms with Crippen molar-refractivity contribution in [2.45, 2.75) is 5.92 Å². The van der Waals surface area contributed by atoms with Gasteiger partial charge in [0.25, 0.3) is 0 Å². The van der Waals surface area contributed by atoms with Gasteiger partial charge in [0.15, 0.2) is 0 Å². The van der Waals surface area contributed by atoms with E-state index in [1.807, 2.05) is 42.5 Å². The highest BCUT2D eigenvalue weighted by atomic mass is 35.5. The van der Waals surface area contributed by atoms with Crippen molar-refractivity contribution in [1.29, 1.82) is 5.26 Å². The summed E-state index contributed by atoms with van der Waals surface area (Å²) in [7, 11) is 1.61. The van der Waals surface area contributed by atoms with Crippen LogP contribution in [-0.4, -0.2) is 17.3 Å². The third-order valence-electron chi connectivity index (χ3n) is 4.48. The highest BCUT2D eigenvalue weighted by Gasteiger charge is 2.35. The van der Waals surface area contributed by atoms with E-state index < -0.39 is 5.92 Å². The van der Waals surface area contributed by atoms with Crippen molar-refractivity contribution in [3.63, 3.8) is 0 Å². The summed E-state index contributed by atoms with van der Waals surface area (Å²) >= 11 is 6.19. The van der Waals surface area contributed by atoms with Gasteiger partial charge >= 0.3 is 0 Å². The van der Waals surface area contributed by atoms with Gasteiger partial charge in [-0.2, -0.15) is 5.26 Å². The van der Waals surface area contributed by atoms with Crippen molar-refractivity contribution >= 4 is 11.6 Å². The minimum absolute atomic E-state index is 0.0404. The number of aromatic nitrogens is 2. The first-order valence-corrected chi connectivity index (χ1v) is 8.56. The Morgan fingerprint density at radius 2 is 2.07 bits per heavy atom. The number of aromatic amines is 1. The molecule has 0 radical (unpaired) electrons. The normalized spacial score (nSPS) is 15.7. The monoisotopic (exact) mass is 378 g/mol. The number of allylic oxidation sites excluding steroid dienone is 1. The number of nitrogens with zero attached hydrogens (tertiary/aromatic N) is 2. The third-order valence-corrected chi connectivity index (χ3v) is 4.71. The lowest BCUT2D eigenvalue weighted by molar-refractivity contribution is 0.379. The average molecular weight is 379 g/mol. The van der Waals surface area contributed by atoms with Gasteiger partial charge in [0.1, 0.15) is 17.4 Å². The van der Waals surface area contributed by atoms with Gasteiger partial charge in [-0.3, -0.25) is 5.10 Å². The van der Waals surface area contributed by atoms with Crippen molar-refractivity contribution in [2.24, 2.45) is 5.73 Å². The summed E-state index contributed by atoms with van der Waals surface area (Å²) in [5, 5.41) is 17.6. The molecule has 0 saturated carbocycles. The zero-order chi connectivity index (χ0) is 19.0. The van der Waals surface area contributed by atoms with E-state index in [2.05, 4.69) is 16.3 Å². The van der Waals surface area contributed by atoms with E-state index >= 15 is 0 Å². The van der Waals surface area contributed by atoms with Crippen molar-refractivity contribution < 1.29 is 9.47 Å². The number of nitrogens with one attached hydrogen (secondary N) is 1. The van der Waals surface area contributed by atoms with Crippen LogP contribution in [0.5, 0.6) is 11.6 Å². The van der Waals surface area contributed by atoms with E-state index in [1.54, 1.807) is 13.2 Å². The van der Waals surface area contributed by atoms with Gasteiger partial charge in [0, 0.05) is 10.6 Å². The molecule has 27 heavy (non-hydrogen) atoms. The molecular weight excluding hydrogens is 364 g/mol. The van der Waals surface area contributed by atoms with Crippen LogP contribution in [0.15, 0.2) is 60.0 Å². The maximum atomic E-state index is 9.72. The second kappa shape index (κ2) is 6.71. The molecule has 7 heteroatoms. The zero-order valence-electron chi connectivity index (χ0n) is 14.4. The first kappa shape index (κ1) is 17.0. The van der Waals surface area contributed by atoms with Gasteiger partial charge in [0.2, 0.25) is 11.8 Å². The molecule has 0 spiro atoms. The number of nitrogens with two attached hydrogens (primary N) is 1. The molecule has 134 valence electrons. The molecule has 1 aliphatic heterocycles. The molecule has 0 bridgehead atoms. The van der Waals surface area contributed by atoms with Crippen LogP contribution >= 0.6 is 11.6 Å². The molecule has 3 aromatic rings. The average Bonchev–Trinajstić information content (AvgIpc) is 3.10. The summed E-state index contributed by atoms with van der Waals surface area (Å²) in [5.74, 6) is 0.646. The molecule has 3 N–H and O–H groups in total. The predicted octanol–water partition coefficient (Wildman–Crippen LogP) is 3.96. The van der Waals surface area contributed by atoms with E-state index in [4.69, 9.17) is 26.8 Å². The molecule has 2 heterocycles. The zero-order valence-corrected chi connectivity index (χ0v) is 15.1. The van der Waals surface area contributed by atoms with Gasteiger partial charge in [-0.1, -0.05) is 35.9 Å². The van der Waals surface area contributed by atoms with Crippen molar-refractivity contribution in [2.75, 3.05) is 7.11 Å². The Kier molecular flexibility index (Phi) is 4.22. The minimum Gasteiger partial charge on any atom is -0.497 e. The summed E-state index contributed by atoms with van der Waals surface area (Å²) in [6.45, 7) is 0. The summed E-state index contributed by atoms with van der Waals surface area (Å²) in [5.41, 5.74) is 9.46. The number of halogens is 1. The minimum atomic E-state index is -0.447. The number of ether oxygens (including phenoxy) is 2. The smallest absolute Gasteiger partial charge is 0.244 e. The summed E-state index contributed by atoms with van der Waals surface area (Å²) < 4.78 is 10.9. The summed E-state index contributed by atoms with van der Waals surface area (Å²) in [4.78, 5) is 0. The summed E-state index contributed by atoms with van der Waals surface area (Å²) in [6, 6.07) is 17.1. The number of nitriles is 1. The van der Waals surface area contributed by atoms with E-state index in [1.165, 1.54) is 0 Å². The lowest BCUT2D eigenvalue weighted by atomic mass is 9.83. The maximum Gasteiger partial charge on any atom is 0.244 e. The number of rotatable bonds is 3. The Morgan fingerprint density at radius 3 is 2.81 bits per heavy atom. The van der Waals surface area contributed by atoms with Crippen LogP contribution in [0.25, 0.3) is 11.3 Å². The Labute approximate surface area is 160 Å². The van der Waals surface area contributed by atoms with E-state index in [-0.39, 0.29) is 5.88 Å². The van der Waals surface area contributed by atoms with Crippen LogP contribution in [0.3, 0.4) is 0 Å². The standard InChI is InChI=1S/C20H15ClN4O2/c1-26-14-7-3-5-12(9-14)18-17-16(11-4-2-6-13(21)8-11)15(10-22)19(23)27-20(17)25-24-18/h2-9,16H,23H2,1H3,(H,24,25)/t16-/m0/s1. The number of fused-ring (bicyclic) bond motifs is 1. The van der Waals surface area contributed by atoms with Gasteiger partial charge < -0.3 is 15.2 Å². The van der Waals surface area contributed by atoms with Gasteiger partial charge in [-0.15, -0.1) is 5.10 Å². The Balaban J connectivity index is 1.95. The van der Waals surface area contributed by atoms with Gasteiger partial charge in [-0.25, -0.2) is 0 Å². The fourth-order valence-electron chi connectivity index (χ4n) is 3.26. The topological polar surface area (TPSA) is 97.0 Å². The van der Waals surface area contributed by atoms with Crippen molar-refractivity contribution in [3.8, 4) is 29.0 Å². The molecule has 2 aromatic carbocycles. The van der Waals surface area contributed by atoms with E-state index in [9.17, 15) is 5.26 Å². The second-order valence-electron chi connectivity index (χ2n) is 6.03. The quantitative estimate of drug-likeness (QED) is 0.719. The molecule has 4 rings (SSSR count). The van der Waals surface area contributed by atoms with Gasteiger partial charge in [0.05, 0.1) is 24.3 Å². The van der Waals surface area contributed by atoms with E-state index in [0.717, 1.165) is 22.4 Å². The second-order valence-corrected chi connectivity index (χ2v) is 6.47. The molecule has 0 fully saturated rings. The van der Waals surface area contributed by atoms with Crippen LogP contribution < -0.4 is 15.2 Å². The predicted molar refractivity (Wildman–Crippen MR) is 101 cm³/mol. The number of hydrogen-bond donors (Lipinski definition) is 2. The molecule has 0 aliphatic carbocycles. The molecule has 1 aliphatic rings.